The minimum absolute atomic E-state index is 0.386. The van der Waals surface area contributed by atoms with E-state index in [-0.39, 0.29) is 0 Å². The largest absolute Gasteiger partial charge is 0.398 e. The zero-order valence-electron chi connectivity index (χ0n) is 8.57. The first-order valence-corrected chi connectivity index (χ1v) is 4.50. The molecule has 0 fully saturated rings. The Morgan fingerprint density at radius 3 is 2.06 bits per heavy atom. The van der Waals surface area contributed by atoms with Crippen molar-refractivity contribution in [1.29, 1.82) is 0 Å². The first-order valence-electron chi connectivity index (χ1n) is 4.50. The molecule has 1 rings (SSSR count). The van der Waals surface area contributed by atoms with Crippen LogP contribution in [0.4, 0.5) is 22.0 Å². The van der Waals surface area contributed by atoms with Gasteiger partial charge in [0.2, 0.25) is 0 Å². The highest BCUT2D eigenvalue weighted by Gasteiger charge is 2.45. The van der Waals surface area contributed by atoms with Gasteiger partial charge in [-0.25, -0.2) is 8.78 Å². The number of aliphatic hydroxyl groups is 1. The molecule has 98 valence electrons. The van der Waals surface area contributed by atoms with Gasteiger partial charge in [0.05, 0.1) is 0 Å². The smallest absolute Gasteiger partial charge is 0.386 e. The molecule has 0 aromatic heterocycles. The first-order chi connectivity index (χ1) is 8.25. The van der Waals surface area contributed by atoms with Gasteiger partial charge in [0, 0.05) is 11.0 Å². The van der Waals surface area contributed by atoms with E-state index < -0.39 is 35.5 Å². The highest BCUT2D eigenvalue weighted by Crippen LogP contribution is 2.38. The third-order valence-corrected chi connectivity index (χ3v) is 2.06. The standard InChI is InChI=1S/C9H6F5N3O/c10-5-1-4(2-6(11)3-5)7(9(12,13)14)8(18)16-17-15/h1-3,7-8,18H/t7-,8-/m1/s1. The molecule has 1 aromatic carbocycles. The van der Waals surface area contributed by atoms with Gasteiger partial charge >= 0.3 is 6.18 Å². The average Bonchev–Trinajstić information content (AvgIpc) is 2.13. The molecule has 0 spiro atoms. The summed E-state index contributed by atoms with van der Waals surface area (Å²) < 4.78 is 63.6. The van der Waals surface area contributed by atoms with Crippen LogP contribution in [-0.2, 0) is 0 Å². The van der Waals surface area contributed by atoms with E-state index >= 15 is 0 Å². The number of rotatable bonds is 3. The summed E-state index contributed by atoms with van der Waals surface area (Å²) in [5, 5.41) is 11.6. The van der Waals surface area contributed by atoms with Crippen LogP contribution in [0.25, 0.3) is 10.4 Å². The fraction of sp³-hybridized carbons (Fsp3) is 0.333. The maximum Gasteiger partial charge on any atom is 0.398 e. The Morgan fingerprint density at radius 1 is 1.17 bits per heavy atom. The Kier molecular flexibility index (Phi) is 4.10. The van der Waals surface area contributed by atoms with Gasteiger partial charge in [-0.15, -0.1) is 0 Å². The third-order valence-electron chi connectivity index (χ3n) is 2.06. The van der Waals surface area contributed by atoms with Crippen LogP contribution in [0.5, 0.6) is 0 Å². The Bertz CT molecular complexity index is 463. The fourth-order valence-electron chi connectivity index (χ4n) is 1.40. The molecule has 1 N–H and O–H groups in total. The lowest BCUT2D eigenvalue weighted by Crippen LogP contribution is -2.30. The van der Waals surface area contributed by atoms with Crippen molar-refractivity contribution in [3.8, 4) is 0 Å². The number of azide groups is 1. The van der Waals surface area contributed by atoms with Crippen LogP contribution in [0.1, 0.15) is 11.5 Å². The molecule has 0 aliphatic heterocycles. The average molecular weight is 267 g/mol. The van der Waals surface area contributed by atoms with E-state index in [2.05, 4.69) is 5.11 Å². The van der Waals surface area contributed by atoms with E-state index in [4.69, 9.17) is 10.6 Å². The highest BCUT2D eigenvalue weighted by atomic mass is 19.4. The zero-order chi connectivity index (χ0) is 13.9. The van der Waals surface area contributed by atoms with Crippen LogP contribution in [0.15, 0.2) is 23.3 Å². The van der Waals surface area contributed by atoms with Crippen molar-refractivity contribution >= 4 is 0 Å². The Hall–Kier alpha value is -1.86. The molecular formula is C9H6F5N3O. The van der Waals surface area contributed by atoms with Crippen LogP contribution < -0.4 is 0 Å². The molecule has 0 saturated heterocycles. The van der Waals surface area contributed by atoms with Crippen molar-refractivity contribution in [3.63, 3.8) is 0 Å². The van der Waals surface area contributed by atoms with Gasteiger partial charge in [-0.05, 0) is 23.2 Å². The normalized spacial score (nSPS) is 14.8. The highest BCUT2D eigenvalue weighted by molar-refractivity contribution is 5.24. The molecule has 0 amide bonds. The van der Waals surface area contributed by atoms with Crippen molar-refractivity contribution in [2.24, 2.45) is 5.11 Å². The van der Waals surface area contributed by atoms with E-state index in [0.717, 1.165) is 0 Å². The number of halogens is 5. The zero-order valence-corrected chi connectivity index (χ0v) is 8.57. The number of hydrogen-bond donors (Lipinski definition) is 1. The summed E-state index contributed by atoms with van der Waals surface area (Å²) in [5.41, 5.74) is 7.13. The van der Waals surface area contributed by atoms with Crippen molar-refractivity contribution in [1.82, 2.24) is 0 Å². The number of hydrogen-bond acceptors (Lipinski definition) is 2. The van der Waals surface area contributed by atoms with Gasteiger partial charge in [0.25, 0.3) is 0 Å². The summed E-state index contributed by atoms with van der Waals surface area (Å²) in [6.45, 7) is 0. The minimum Gasteiger partial charge on any atom is -0.386 e. The van der Waals surface area contributed by atoms with Crippen LogP contribution in [-0.4, -0.2) is 17.5 Å². The second-order valence-corrected chi connectivity index (χ2v) is 3.34. The lowest BCUT2D eigenvalue weighted by atomic mass is 9.96. The molecule has 0 aliphatic carbocycles. The molecule has 0 heterocycles. The quantitative estimate of drug-likeness (QED) is 0.388. The Balaban J connectivity index is 3.30. The van der Waals surface area contributed by atoms with Gasteiger partial charge in [-0.1, -0.05) is 5.11 Å². The summed E-state index contributed by atoms with van der Waals surface area (Å²) in [6, 6.07) is 1.21. The maximum absolute atomic E-state index is 12.8. The fourth-order valence-corrected chi connectivity index (χ4v) is 1.40. The molecule has 0 aliphatic rings. The van der Waals surface area contributed by atoms with E-state index in [1.54, 1.807) is 0 Å². The predicted octanol–water partition coefficient (Wildman–Crippen LogP) is 3.24. The molecular weight excluding hydrogens is 261 g/mol. The molecule has 4 nitrogen and oxygen atoms in total. The summed E-state index contributed by atoms with van der Waals surface area (Å²) >= 11 is 0. The molecule has 18 heavy (non-hydrogen) atoms. The monoisotopic (exact) mass is 267 g/mol. The van der Waals surface area contributed by atoms with Crippen molar-refractivity contribution < 1.29 is 27.1 Å². The van der Waals surface area contributed by atoms with Crippen molar-refractivity contribution in [2.75, 3.05) is 0 Å². The SMILES string of the molecule is [N-]=[N+]=N[C@H](O)[C@@H](c1cc(F)cc(F)c1)C(F)(F)F. The number of benzene rings is 1. The van der Waals surface area contributed by atoms with Crippen molar-refractivity contribution in [2.45, 2.75) is 18.3 Å². The van der Waals surface area contributed by atoms with Gasteiger partial charge in [0.15, 0.2) is 0 Å². The Morgan fingerprint density at radius 2 is 1.67 bits per heavy atom. The van der Waals surface area contributed by atoms with Gasteiger partial charge in [0.1, 0.15) is 23.8 Å². The molecule has 0 radical (unpaired) electrons. The second-order valence-electron chi connectivity index (χ2n) is 3.34. The number of alkyl halides is 3. The Labute approximate surface area is 97.3 Å². The molecule has 0 saturated carbocycles. The molecule has 2 atom stereocenters. The van der Waals surface area contributed by atoms with Crippen LogP contribution >= 0.6 is 0 Å². The van der Waals surface area contributed by atoms with E-state index in [0.29, 0.717) is 18.2 Å². The molecule has 9 heteroatoms. The summed E-state index contributed by atoms with van der Waals surface area (Å²) in [5.74, 6) is -5.15. The lowest BCUT2D eigenvalue weighted by molar-refractivity contribution is -0.171. The summed E-state index contributed by atoms with van der Waals surface area (Å²) in [4.78, 5) is 2.03. The number of nitrogens with zero attached hydrogens (tertiary/aromatic N) is 3. The second kappa shape index (κ2) is 5.19. The topological polar surface area (TPSA) is 69.0 Å². The van der Waals surface area contributed by atoms with E-state index in [9.17, 15) is 22.0 Å². The summed E-state index contributed by atoms with van der Waals surface area (Å²) in [7, 11) is 0. The molecule has 0 unspecified atom stereocenters. The summed E-state index contributed by atoms with van der Waals surface area (Å²) in [6.07, 6.45) is -7.52. The van der Waals surface area contributed by atoms with Gasteiger partial charge < -0.3 is 5.11 Å². The van der Waals surface area contributed by atoms with Crippen LogP contribution in [0, 0.1) is 11.6 Å². The number of aliphatic hydroxyl groups excluding tert-OH is 1. The lowest BCUT2D eigenvalue weighted by Gasteiger charge is -2.22. The van der Waals surface area contributed by atoms with Crippen LogP contribution in [0.2, 0.25) is 0 Å². The van der Waals surface area contributed by atoms with E-state index in [1.165, 1.54) is 0 Å². The van der Waals surface area contributed by atoms with Crippen LogP contribution in [0.3, 0.4) is 0 Å². The van der Waals surface area contributed by atoms with E-state index in [1.807, 2.05) is 4.91 Å². The molecule has 1 aromatic rings. The van der Waals surface area contributed by atoms with Gasteiger partial charge in [-0.2, -0.15) is 13.2 Å². The molecule has 0 bridgehead atoms. The minimum atomic E-state index is -5.02. The first kappa shape index (κ1) is 14.2. The predicted molar refractivity (Wildman–Crippen MR) is 50.3 cm³/mol. The maximum atomic E-state index is 12.8. The van der Waals surface area contributed by atoms with Crippen molar-refractivity contribution in [3.05, 3.63) is 45.8 Å². The third kappa shape index (κ3) is 3.31. The van der Waals surface area contributed by atoms with Gasteiger partial charge in [-0.3, -0.25) is 0 Å².